The van der Waals surface area contributed by atoms with Gasteiger partial charge in [-0.2, -0.15) is 0 Å². The van der Waals surface area contributed by atoms with Gasteiger partial charge >= 0.3 is 6.03 Å². The quantitative estimate of drug-likeness (QED) is 0.711. The number of carbonyl (C=O) groups excluding carboxylic acids is 1. The number of nitrogens with one attached hydrogen (secondary N) is 2. The normalized spacial score (nSPS) is 10.3. The van der Waals surface area contributed by atoms with Crippen LogP contribution in [-0.4, -0.2) is 17.6 Å². The molecule has 128 valence electrons. The number of ether oxygens (including phenoxy) is 1. The number of hydrogen-bond donors (Lipinski definition) is 2. The largest absolute Gasteiger partial charge is 0.492 e. The number of amides is 2. The highest BCUT2D eigenvalue weighted by molar-refractivity contribution is 5.90. The number of hydrogen-bond acceptors (Lipinski definition) is 4. The van der Waals surface area contributed by atoms with E-state index in [2.05, 4.69) is 15.6 Å². The summed E-state index contributed by atoms with van der Waals surface area (Å²) in [6.45, 7) is 2.78. The molecule has 3 rings (SSSR count). The molecule has 0 saturated carbocycles. The van der Waals surface area contributed by atoms with Crippen molar-refractivity contribution in [3.8, 4) is 17.1 Å². The molecule has 2 N–H and O–H groups in total. The Balaban J connectivity index is 1.60. The molecular weight excluding hydrogens is 318 g/mol. The van der Waals surface area contributed by atoms with Gasteiger partial charge in [-0.15, -0.1) is 0 Å². The van der Waals surface area contributed by atoms with Gasteiger partial charge < -0.3 is 19.8 Å². The molecule has 0 spiro atoms. The Hall–Kier alpha value is -3.28. The number of anilines is 1. The monoisotopic (exact) mass is 337 g/mol. The predicted molar refractivity (Wildman–Crippen MR) is 95.4 cm³/mol. The molecule has 6 nitrogen and oxygen atoms in total. The Labute approximate surface area is 145 Å². The smallest absolute Gasteiger partial charge is 0.319 e. The molecular formula is C19H19N3O3. The maximum atomic E-state index is 12.1. The van der Waals surface area contributed by atoms with Crippen LogP contribution in [0.4, 0.5) is 10.5 Å². The minimum atomic E-state index is -0.310. The van der Waals surface area contributed by atoms with E-state index in [1.807, 2.05) is 43.3 Å². The summed E-state index contributed by atoms with van der Waals surface area (Å²) in [5.74, 6) is 1.38. The average molecular weight is 337 g/mol. The summed E-state index contributed by atoms with van der Waals surface area (Å²) in [5.41, 5.74) is 2.37. The van der Waals surface area contributed by atoms with Gasteiger partial charge in [0.1, 0.15) is 11.5 Å². The van der Waals surface area contributed by atoms with E-state index in [0.29, 0.717) is 24.6 Å². The number of benzene rings is 1. The number of furan rings is 1. The first-order valence-corrected chi connectivity index (χ1v) is 8.00. The summed E-state index contributed by atoms with van der Waals surface area (Å²) < 4.78 is 10.9. The van der Waals surface area contributed by atoms with Crippen LogP contribution in [0.15, 0.2) is 65.5 Å². The van der Waals surface area contributed by atoms with Crippen LogP contribution in [0.3, 0.4) is 0 Å². The summed E-state index contributed by atoms with van der Waals surface area (Å²) in [7, 11) is 0. The number of carbonyl (C=O) groups is 1. The maximum absolute atomic E-state index is 12.1. The zero-order chi connectivity index (χ0) is 17.5. The molecule has 0 atom stereocenters. The lowest BCUT2D eigenvalue weighted by molar-refractivity contribution is 0.251. The first-order valence-electron chi connectivity index (χ1n) is 8.00. The highest BCUT2D eigenvalue weighted by atomic mass is 16.5. The van der Waals surface area contributed by atoms with Crippen LogP contribution in [0, 0.1) is 0 Å². The van der Waals surface area contributed by atoms with E-state index in [1.54, 1.807) is 24.7 Å². The van der Waals surface area contributed by atoms with Crippen molar-refractivity contribution < 1.29 is 13.9 Å². The molecule has 0 unspecified atom stereocenters. The fraction of sp³-hybridized carbons (Fsp3) is 0.158. The predicted octanol–water partition coefficient (Wildman–Crippen LogP) is 4.06. The van der Waals surface area contributed by atoms with Crippen molar-refractivity contribution in [2.45, 2.75) is 13.5 Å². The molecule has 2 aromatic heterocycles. The van der Waals surface area contributed by atoms with E-state index < -0.39 is 0 Å². The summed E-state index contributed by atoms with van der Waals surface area (Å²) in [5, 5.41) is 5.61. The van der Waals surface area contributed by atoms with Crippen LogP contribution < -0.4 is 15.4 Å². The molecule has 6 heteroatoms. The zero-order valence-corrected chi connectivity index (χ0v) is 13.9. The van der Waals surface area contributed by atoms with E-state index in [1.165, 1.54) is 0 Å². The fourth-order valence-corrected chi connectivity index (χ4v) is 2.36. The van der Waals surface area contributed by atoms with Crippen LogP contribution in [0.2, 0.25) is 0 Å². The highest BCUT2D eigenvalue weighted by Crippen LogP contribution is 2.23. The lowest BCUT2D eigenvalue weighted by Gasteiger charge is -2.12. The Morgan fingerprint density at radius 2 is 2.08 bits per heavy atom. The Kier molecular flexibility index (Phi) is 5.31. The zero-order valence-electron chi connectivity index (χ0n) is 13.9. The van der Waals surface area contributed by atoms with Crippen molar-refractivity contribution >= 4 is 11.7 Å². The molecule has 0 bridgehead atoms. The third-order valence-electron chi connectivity index (χ3n) is 3.49. The molecule has 2 amide bonds. The molecule has 0 aliphatic heterocycles. The molecule has 0 radical (unpaired) electrons. The van der Waals surface area contributed by atoms with Crippen molar-refractivity contribution in [3.63, 3.8) is 0 Å². The van der Waals surface area contributed by atoms with Crippen molar-refractivity contribution in [3.05, 3.63) is 66.7 Å². The van der Waals surface area contributed by atoms with Gasteiger partial charge in [0.25, 0.3) is 0 Å². The Morgan fingerprint density at radius 1 is 1.20 bits per heavy atom. The number of para-hydroxylation sites is 2. The van der Waals surface area contributed by atoms with Gasteiger partial charge in [-0.3, -0.25) is 4.98 Å². The summed E-state index contributed by atoms with van der Waals surface area (Å²) in [6.07, 6.45) is 5.05. The summed E-state index contributed by atoms with van der Waals surface area (Å²) in [6, 6.07) is 12.6. The number of urea groups is 1. The molecule has 25 heavy (non-hydrogen) atoms. The molecule has 3 aromatic rings. The topological polar surface area (TPSA) is 76.4 Å². The summed E-state index contributed by atoms with van der Waals surface area (Å²) in [4.78, 5) is 16.3. The second-order valence-corrected chi connectivity index (χ2v) is 5.30. The first-order chi connectivity index (χ1) is 12.3. The maximum Gasteiger partial charge on any atom is 0.319 e. The van der Waals surface area contributed by atoms with Gasteiger partial charge in [-0.05, 0) is 42.8 Å². The highest BCUT2D eigenvalue weighted by Gasteiger charge is 2.08. The van der Waals surface area contributed by atoms with Gasteiger partial charge in [0, 0.05) is 24.5 Å². The Morgan fingerprint density at radius 3 is 2.88 bits per heavy atom. The number of pyridine rings is 1. The number of aromatic nitrogens is 1. The van der Waals surface area contributed by atoms with Crippen LogP contribution in [0.5, 0.6) is 5.75 Å². The molecule has 1 aromatic carbocycles. The van der Waals surface area contributed by atoms with Crippen molar-refractivity contribution in [2.75, 3.05) is 11.9 Å². The molecule has 0 saturated heterocycles. The third-order valence-corrected chi connectivity index (χ3v) is 3.49. The van der Waals surface area contributed by atoms with Crippen LogP contribution >= 0.6 is 0 Å². The lowest BCUT2D eigenvalue weighted by atomic mass is 10.1. The van der Waals surface area contributed by atoms with E-state index in [0.717, 1.165) is 16.9 Å². The van der Waals surface area contributed by atoms with Gasteiger partial charge in [-0.25, -0.2) is 4.79 Å². The lowest BCUT2D eigenvalue weighted by Crippen LogP contribution is -2.28. The van der Waals surface area contributed by atoms with Gasteiger partial charge in [0.05, 0.1) is 18.6 Å². The molecule has 0 aliphatic carbocycles. The standard InChI is InChI=1S/C19H19N3O3/c1-2-24-18-7-4-3-6-16(18)22-19(23)21-12-14-10-15(13-20-11-14)17-8-5-9-25-17/h3-11,13H,2,12H2,1H3,(H2,21,22,23). The van der Waals surface area contributed by atoms with E-state index in [4.69, 9.17) is 9.15 Å². The SMILES string of the molecule is CCOc1ccccc1NC(=O)NCc1cncc(-c2ccco2)c1. The van der Waals surface area contributed by atoms with Crippen molar-refractivity contribution in [1.29, 1.82) is 0 Å². The number of rotatable bonds is 6. The second kappa shape index (κ2) is 8.01. The van der Waals surface area contributed by atoms with Crippen LogP contribution in [0.1, 0.15) is 12.5 Å². The average Bonchev–Trinajstić information content (AvgIpc) is 3.17. The van der Waals surface area contributed by atoms with Gasteiger partial charge in [0.2, 0.25) is 0 Å². The molecule has 2 heterocycles. The third kappa shape index (κ3) is 4.38. The van der Waals surface area contributed by atoms with E-state index in [-0.39, 0.29) is 6.03 Å². The Bertz CT molecular complexity index is 831. The van der Waals surface area contributed by atoms with Crippen molar-refractivity contribution in [2.24, 2.45) is 0 Å². The van der Waals surface area contributed by atoms with Gasteiger partial charge in [0.15, 0.2) is 0 Å². The second-order valence-electron chi connectivity index (χ2n) is 5.30. The summed E-state index contributed by atoms with van der Waals surface area (Å²) >= 11 is 0. The fourth-order valence-electron chi connectivity index (χ4n) is 2.36. The minimum absolute atomic E-state index is 0.310. The first kappa shape index (κ1) is 16.6. The van der Waals surface area contributed by atoms with Gasteiger partial charge in [-0.1, -0.05) is 12.1 Å². The van der Waals surface area contributed by atoms with E-state index >= 15 is 0 Å². The van der Waals surface area contributed by atoms with Crippen molar-refractivity contribution in [1.82, 2.24) is 10.3 Å². The van der Waals surface area contributed by atoms with Crippen LogP contribution in [0.25, 0.3) is 11.3 Å². The van der Waals surface area contributed by atoms with E-state index in [9.17, 15) is 4.79 Å². The van der Waals surface area contributed by atoms with Crippen LogP contribution in [-0.2, 0) is 6.54 Å². The minimum Gasteiger partial charge on any atom is -0.492 e. The molecule has 0 aliphatic rings. The molecule has 0 fully saturated rings. The number of nitrogens with zero attached hydrogens (tertiary/aromatic N) is 1.